The molecular weight excluding hydrogens is 502 g/mol. The SMILES string of the molecule is CC[C@H](Sc1nc(N)c(C#N)c(-c2cc(OC)c(OC)c(OC)c2)c1C#N)C(=O)Nc1nnc(C)s1. The number of nitriles is 2. The third-order valence-electron chi connectivity index (χ3n) is 5.04. The predicted octanol–water partition coefficient (Wildman–Crippen LogP) is 3.77. The number of carbonyl (C=O) groups excluding carboxylic acids is 1. The molecule has 2 aromatic heterocycles. The number of amides is 1. The number of pyridine rings is 1. The quantitative estimate of drug-likeness (QED) is 0.390. The predicted molar refractivity (Wildman–Crippen MR) is 136 cm³/mol. The minimum Gasteiger partial charge on any atom is -0.493 e. The zero-order chi connectivity index (χ0) is 26.4. The molecular formula is C23H23N7O4S2. The summed E-state index contributed by atoms with van der Waals surface area (Å²) < 4.78 is 16.2. The Bertz CT molecular complexity index is 1350. The molecule has 186 valence electrons. The number of rotatable bonds is 9. The van der Waals surface area contributed by atoms with Gasteiger partial charge in [0.25, 0.3) is 0 Å². The summed E-state index contributed by atoms with van der Waals surface area (Å²) in [5.41, 5.74) is 6.96. The second-order valence-electron chi connectivity index (χ2n) is 7.20. The molecule has 0 aliphatic rings. The standard InChI is InChI=1S/C23H23N7O4S2/c1-6-17(21(31)28-23-30-29-11(2)35-23)36-22-14(10-25)18(13(9-24)20(26)27-22)12-7-15(32-3)19(34-5)16(8-12)33-4/h7-8,17H,6H2,1-5H3,(H2,26,27)(H,28,30,31)/t17-/m0/s1. The minimum atomic E-state index is -0.617. The first kappa shape index (κ1) is 26.5. The number of methoxy groups -OCH3 is 3. The van der Waals surface area contributed by atoms with Crippen molar-refractivity contribution in [3.8, 4) is 40.5 Å². The number of benzene rings is 1. The minimum absolute atomic E-state index is 0.0204. The number of hydrogen-bond donors (Lipinski definition) is 2. The summed E-state index contributed by atoms with van der Waals surface area (Å²) in [6.07, 6.45) is 0.431. The average Bonchev–Trinajstić information content (AvgIpc) is 3.29. The molecule has 36 heavy (non-hydrogen) atoms. The fourth-order valence-corrected chi connectivity index (χ4v) is 5.00. The van der Waals surface area contributed by atoms with E-state index in [-0.39, 0.29) is 33.4 Å². The highest BCUT2D eigenvalue weighted by molar-refractivity contribution is 8.00. The van der Waals surface area contributed by atoms with Gasteiger partial charge in [-0.1, -0.05) is 30.0 Å². The molecule has 0 bridgehead atoms. The van der Waals surface area contributed by atoms with E-state index in [2.05, 4.69) is 26.6 Å². The van der Waals surface area contributed by atoms with Gasteiger partial charge < -0.3 is 19.9 Å². The molecule has 3 N–H and O–H groups in total. The first-order valence-corrected chi connectivity index (χ1v) is 12.2. The Kier molecular flexibility index (Phi) is 8.53. The first-order valence-electron chi connectivity index (χ1n) is 10.5. The Morgan fingerprint density at radius 1 is 1.14 bits per heavy atom. The summed E-state index contributed by atoms with van der Waals surface area (Å²) in [4.78, 5) is 17.2. The normalized spacial score (nSPS) is 11.2. The highest BCUT2D eigenvalue weighted by atomic mass is 32.2. The van der Waals surface area contributed by atoms with Crippen molar-refractivity contribution in [1.29, 1.82) is 10.5 Å². The van der Waals surface area contributed by atoms with E-state index in [1.165, 1.54) is 32.7 Å². The number of nitrogens with zero attached hydrogens (tertiary/aromatic N) is 5. The number of nitrogen functional groups attached to an aromatic ring is 1. The molecule has 2 heterocycles. The number of anilines is 2. The Hall–Kier alpha value is -4.07. The average molecular weight is 526 g/mol. The van der Waals surface area contributed by atoms with Crippen molar-refractivity contribution in [2.45, 2.75) is 30.5 Å². The molecule has 1 aromatic carbocycles. The molecule has 0 saturated carbocycles. The maximum absolute atomic E-state index is 12.9. The van der Waals surface area contributed by atoms with Crippen molar-refractivity contribution in [2.24, 2.45) is 0 Å². The van der Waals surface area contributed by atoms with Crippen molar-refractivity contribution < 1.29 is 19.0 Å². The zero-order valence-electron chi connectivity index (χ0n) is 20.2. The highest BCUT2D eigenvalue weighted by Gasteiger charge is 2.27. The molecule has 0 unspecified atom stereocenters. The fraction of sp³-hybridized carbons (Fsp3) is 0.304. The van der Waals surface area contributed by atoms with Gasteiger partial charge >= 0.3 is 0 Å². The van der Waals surface area contributed by atoms with Gasteiger partial charge in [0, 0.05) is 5.56 Å². The number of aromatic nitrogens is 3. The second-order valence-corrected chi connectivity index (χ2v) is 9.57. The van der Waals surface area contributed by atoms with Crippen LogP contribution in [0.15, 0.2) is 17.2 Å². The topological polar surface area (TPSA) is 169 Å². The van der Waals surface area contributed by atoms with E-state index in [0.29, 0.717) is 39.4 Å². The van der Waals surface area contributed by atoms with Crippen LogP contribution in [0, 0.1) is 29.6 Å². The Labute approximate surface area is 216 Å². The largest absolute Gasteiger partial charge is 0.493 e. The van der Waals surface area contributed by atoms with Gasteiger partial charge in [0.15, 0.2) is 11.5 Å². The van der Waals surface area contributed by atoms with Crippen LogP contribution >= 0.6 is 23.1 Å². The molecule has 3 rings (SSSR count). The molecule has 1 atom stereocenters. The van der Waals surface area contributed by atoms with Crippen LogP contribution in [0.1, 0.15) is 29.5 Å². The van der Waals surface area contributed by atoms with Gasteiger partial charge in [-0.3, -0.25) is 10.1 Å². The molecule has 0 fully saturated rings. The van der Waals surface area contributed by atoms with Gasteiger partial charge in [0.1, 0.15) is 33.6 Å². The van der Waals surface area contributed by atoms with Crippen LogP contribution in [0.3, 0.4) is 0 Å². The van der Waals surface area contributed by atoms with Crippen molar-refractivity contribution in [3.63, 3.8) is 0 Å². The molecule has 3 aromatic rings. The lowest BCUT2D eigenvalue weighted by atomic mass is 9.96. The maximum atomic E-state index is 12.9. The Morgan fingerprint density at radius 2 is 1.78 bits per heavy atom. The number of ether oxygens (including phenoxy) is 3. The Balaban J connectivity index is 2.13. The molecule has 0 radical (unpaired) electrons. The number of nitrogens with two attached hydrogens (primary N) is 1. The summed E-state index contributed by atoms with van der Waals surface area (Å²) in [6.45, 7) is 3.62. The van der Waals surface area contributed by atoms with Crippen LogP contribution in [0.5, 0.6) is 17.2 Å². The lowest BCUT2D eigenvalue weighted by Gasteiger charge is -2.18. The van der Waals surface area contributed by atoms with Gasteiger partial charge in [0.05, 0.1) is 32.1 Å². The van der Waals surface area contributed by atoms with Crippen LogP contribution in [-0.4, -0.2) is 47.7 Å². The molecule has 0 spiro atoms. The molecule has 1 amide bonds. The van der Waals surface area contributed by atoms with Gasteiger partial charge in [-0.05, 0) is 31.0 Å². The summed E-state index contributed by atoms with van der Waals surface area (Å²) in [6, 6.07) is 7.41. The zero-order valence-corrected chi connectivity index (χ0v) is 21.8. The highest BCUT2D eigenvalue weighted by Crippen LogP contribution is 2.44. The second kappa shape index (κ2) is 11.6. The third kappa shape index (κ3) is 5.27. The van der Waals surface area contributed by atoms with Crippen LogP contribution in [0.4, 0.5) is 10.9 Å². The summed E-state index contributed by atoms with van der Waals surface area (Å²) in [5, 5.41) is 31.2. The van der Waals surface area contributed by atoms with Gasteiger partial charge in [-0.25, -0.2) is 4.98 Å². The van der Waals surface area contributed by atoms with Crippen LogP contribution in [0.25, 0.3) is 11.1 Å². The fourth-order valence-electron chi connectivity index (χ4n) is 3.39. The van der Waals surface area contributed by atoms with Crippen molar-refractivity contribution in [3.05, 3.63) is 28.3 Å². The van der Waals surface area contributed by atoms with Crippen LogP contribution < -0.4 is 25.3 Å². The van der Waals surface area contributed by atoms with Gasteiger partial charge in [-0.2, -0.15) is 10.5 Å². The third-order valence-corrected chi connectivity index (χ3v) is 7.15. The number of thioether (sulfide) groups is 1. The Morgan fingerprint density at radius 3 is 2.25 bits per heavy atom. The van der Waals surface area contributed by atoms with E-state index in [1.807, 2.05) is 13.0 Å². The summed E-state index contributed by atoms with van der Waals surface area (Å²) in [7, 11) is 4.40. The van der Waals surface area contributed by atoms with Crippen LogP contribution in [-0.2, 0) is 4.79 Å². The maximum Gasteiger partial charge on any atom is 0.239 e. The van der Waals surface area contributed by atoms with E-state index >= 15 is 0 Å². The summed E-state index contributed by atoms with van der Waals surface area (Å²) >= 11 is 2.33. The molecule has 0 saturated heterocycles. The van der Waals surface area contributed by atoms with Gasteiger partial charge in [0.2, 0.25) is 16.8 Å². The van der Waals surface area contributed by atoms with E-state index in [9.17, 15) is 15.3 Å². The molecule has 0 aliphatic heterocycles. The van der Waals surface area contributed by atoms with Crippen LogP contribution in [0.2, 0.25) is 0 Å². The lowest BCUT2D eigenvalue weighted by Crippen LogP contribution is -2.25. The summed E-state index contributed by atoms with van der Waals surface area (Å²) in [5.74, 6) is 0.635. The number of aryl methyl sites for hydroxylation is 1. The van der Waals surface area contributed by atoms with E-state index in [4.69, 9.17) is 19.9 Å². The lowest BCUT2D eigenvalue weighted by molar-refractivity contribution is -0.115. The van der Waals surface area contributed by atoms with Crippen molar-refractivity contribution in [2.75, 3.05) is 32.4 Å². The van der Waals surface area contributed by atoms with Crippen molar-refractivity contribution in [1.82, 2.24) is 15.2 Å². The molecule has 11 nitrogen and oxygen atoms in total. The molecule has 0 aliphatic carbocycles. The monoisotopic (exact) mass is 525 g/mol. The number of hydrogen-bond acceptors (Lipinski definition) is 12. The molecule has 13 heteroatoms. The smallest absolute Gasteiger partial charge is 0.239 e. The van der Waals surface area contributed by atoms with E-state index < -0.39 is 5.25 Å². The van der Waals surface area contributed by atoms with Gasteiger partial charge in [-0.15, -0.1) is 10.2 Å². The van der Waals surface area contributed by atoms with E-state index in [1.54, 1.807) is 19.1 Å². The number of nitrogens with one attached hydrogen (secondary N) is 1. The van der Waals surface area contributed by atoms with Crippen molar-refractivity contribution >= 4 is 40.0 Å². The first-order chi connectivity index (χ1) is 17.3. The van der Waals surface area contributed by atoms with E-state index in [0.717, 1.165) is 11.8 Å². The number of carbonyl (C=O) groups is 1.